The summed E-state index contributed by atoms with van der Waals surface area (Å²) in [5, 5.41) is 0. The number of aryl methyl sites for hydroxylation is 1. The first-order chi connectivity index (χ1) is 16.6. The van der Waals surface area contributed by atoms with Crippen LogP contribution in [0.25, 0.3) is 11.1 Å². The van der Waals surface area contributed by atoms with Crippen molar-refractivity contribution < 1.29 is 14.3 Å². The Hall–Kier alpha value is -3.47. The molecule has 5 nitrogen and oxygen atoms in total. The standard InChI is InChI=1S/C29H28N2O3/c1-18-7-6-14-30-27(18)28(32)19-15-20-12-13-21(16-19)31(20)29(33)34-17-26-24-10-4-2-8-22(24)23-9-3-5-11-25(23)26/h2-11,14,19-21,26H,12-13,15-17H2,1H3. The molecule has 3 heterocycles. The molecule has 1 aromatic heterocycles. The van der Waals surface area contributed by atoms with Crippen molar-refractivity contribution in [1.29, 1.82) is 0 Å². The van der Waals surface area contributed by atoms with Gasteiger partial charge in [0.05, 0.1) is 0 Å². The Balaban J connectivity index is 1.15. The summed E-state index contributed by atoms with van der Waals surface area (Å²) in [6, 6.07) is 20.7. The highest BCUT2D eigenvalue weighted by Gasteiger charge is 2.46. The number of aromatic nitrogens is 1. The molecule has 0 saturated carbocycles. The molecule has 3 aromatic rings. The molecule has 2 aliphatic heterocycles. The summed E-state index contributed by atoms with van der Waals surface area (Å²) in [6.07, 6.45) is 4.68. The molecule has 2 fully saturated rings. The average Bonchev–Trinajstić information content (AvgIpc) is 3.33. The highest BCUT2D eigenvalue weighted by atomic mass is 16.6. The number of piperidine rings is 1. The molecule has 172 valence electrons. The Labute approximate surface area is 199 Å². The second kappa shape index (κ2) is 8.39. The van der Waals surface area contributed by atoms with Crippen molar-refractivity contribution in [3.05, 3.63) is 89.2 Å². The van der Waals surface area contributed by atoms with Crippen LogP contribution in [0.2, 0.25) is 0 Å². The summed E-state index contributed by atoms with van der Waals surface area (Å²) >= 11 is 0. The quantitative estimate of drug-likeness (QED) is 0.472. The van der Waals surface area contributed by atoms with E-state index in [4.69, 9.17) is 4.74 Å². The van der Waals surface area contributed by atoms with Crippen LogP contribution in [0.15, 0.2) is 66.9 Å². The van der Waals surface area contributed by atoms with Crippen molar-refractivity contribution in [3.63, 3.8) is 0 Å². The first kappa shape index (κ1) is 21.1. The van der Waals surface area contributed by atoms with Crippen LogP contribution >= 0.6 is 0 Å². The van der Waals surface area contributed by atoms with Crippen LogP contribution in [0.3, 0.4) is 0 Å². The van der Waals surface area contributed by atoms with E-state index in [2.05, 4.69) is 41.4 Å². The van der Waals surface area contributed by atoms with Crippen LogP contribution in [0.1, 0.15) is 58.8 Å². The van der Waals surface area contributed by atoms with Gasteiger partial charge < -0.3 is 9.64 Å². The molecule has 34 heavy (non-hydrogen) atoms. The van der Waals surface area contributed by atoms with Crippen molar-refractivity contribution in [1.82, 2.24) is 9.88 Å². The fourth-order valence-corrected chi connectivity index (χ4v) is 6.29. The smallest absolute Gasteiger partial charge is 0.410 e. The zero-order valence-corrected chi connectivity index (χ0v) is 19.3. The molecule has 6 rings (SSSR count). The van der Waals surface area contributed by atoms with E-state index in [1.165, 1.54) is 22.3 Å². The SMILES string of the molecule is Cc1cccnc1C(=O)C1CC2CCC(C1)N2C(=O)OCC1c2ccccc2-c2ccccc21. The Kier molecular flexibility index (Phi) is 5.20. The number of hydrogen-bond acceptors (Lipinski definition) is 4. The van der Waals surface area contributed by atoms with E-state index < -0.39 is 0 Å². The lowest BCUT2D eigenvalue weighted by atomic mass is 9.85. The molecule has 0 N–H and O–H groups in total. The number of benzene rings is 2. The van der Waals surface area contributed by atoms with Crippen molar-refractivity contribution in [2.24, 2.45) is 5.92 Å². The fraction of sp³-hybridized carbons (Fsp3) is 0.345. The van der Waals surface area contributed by atoms with Crippen molar-refractivity contribution in [2.45, 2.75) is 50.6 Å². The summed E-state index contributed by atoms with van der Waals surface area (Å²) < 4.78 is 5.95. The number of nitrogens with zero attached hydrogens (tertiary/aromatic N) is 2. The zero-order valence-electron chi connectivity index (χ0n) is 19.3. The van der Waals surface area contributed by atoms with E-state index >= 15 is 0 Å². The molecule has 2 saturated heterocycles. The van der Waals surface area contributed by atoms with Crippen LogP contribution in [0, 0.1) is 12.8 Å². The molecule has 1 aliphatic carbocycles. The predicted molar refractivity (Wildman–Crippen MR) is 130 cm³/mol. The third-order valence-corrected chi connectivity index (χ3v) is 7.89. The maximum atomic E-state index is 13.2. The van der Waals surface area contributed by atoms with Crippen LogP contribution in [-0.2, 0) is 4.74 Å². The van der Waals surface area contributed by atoms with Crippen molar-refractivity contribution >= 4 is 11.9 Å². The lowest BCUT2D eigenvalue weighted by Crippen LogP contribution is -2.48. The van der Waals surface area contributed by atoms with Gasteiger partial charge in [-0.1, -0.05) is 54.6 Å². The minimum Gasteiger partial charge on any atom is -0.448 e. The molecule has 2 aromatic carbocycles. The third kappa shape index (κ3) is 3.42. The number of amides is 1. The van der Waals surface area contributed by atoms with Crippen molar-refractivity contribution in [3.8, 4) is 11.1 Å². The first-order valence-electron chi connectivity index (χ1n) is 12.2. The topological polar surface area (TPSA) is 59.5 Å². The number of rotatable bonds is 4. The maximum absolute atomic E-state index is 13.2. The van der Waals surface area contributed by atoms with Gasteiger partial charge in [0.1, 0.15) is 12.3 Å². The van der Waals surface area contributed by atoms with Gasteiger partial charge in [-0.25, -0.2) is 4.79 Å². The van der Waals surface area contributed by atoms with E-state index in [-0.39, 0.29) is 35.8 Å². The molecule has 2 atom stereocenters. The molecule has 2 bridgehead atoms. The van der Waals surface area contributed by atoms with E-state index in [0.717, 1.165) is 18.4 Å². The number of hydrogen-bond donors (Lipinski definition) is 0. The molecular formula is C29H28N2O3. The number of ketones is 1. The summed E-state index contributed by atoms with van der Waals surface area (Å²) in [5.74, 6) is 0.0890. The van der Waals surface area contributed by atoms with Gasteiger partial charge in [-0.2, -0.15) is 0 Å². The molecule has 2 unspecified atom stereocenters. The molecule has 1 amide bonds. The van der Waals surface area contributed by atoms with Crippen molar-refractivity contribution in [2.75, 3.05) is 6.61 Å². The van der Waals surface area contributed by atoms with Crippen LogP contribution < -0.4 is 0 Å². The number of pyridine rings is 1. The normalized spacial score (nSPS) is 22.9. The average molecular weight is 453 g/mol. The Morgan fingerprint density at radius 2 is 1.53 bits per heavy atom. The first-order valence-corrected chi connectivity index (χ1v) is 12.2. The van der Waals surface area contributed by atoms with Gasteiger partial charge in [-0.3, -0.25) is 9.78 Å². The van der Waals surface area contributed by atoms with Gasteiger partial charge in [-0.05, 0) is 66.5 Å². The molecule has 5 heteroatoms. The van der Waals surface area contributed by atoms with Crippen LogP contribution in [0.5, 0.6) is 0 Å². The van der Waals surface area contributed by atoms with Gasteiger partial charge in [0.15, 0.2) is 5.78 Å². The minimum atomic E-state index is -0.241. The van der Waals surface area contributed by atoms with Gasteiger partial charge in [0, 0.05) is 30.1 Å². The third-order valence-electron chi connectivity index (χ3n) is 7.89. The lowest BCUT2D eigenvalue weighted by molar-refractivity contribution is 0.0504. The largest absolute Gasteiger partial charge is 0.448 e. The summed E-state index contributed by atoms with van der Waals surface area (Å²) in [7, 11) is 0. The van der Waals surface area contributed by atoms with E-state index in [9.17, 15) is 9.59 Å². The second-order valence-electron chi connectivity index (χ2n) is 9.80. The van der Waals surface area contributed by atoms with Crippen LogP contribution in [0.4, 0.5) is 4.79 Å². The van der Waals surface area contributed by atoms with Gasteiger partial charge >= 0.3 is 6.09 Å². The molecule has 0 radical (unpaired) electrons. The molecular weight excluding hydrogens is 424 g/mol. The monoisotopic (exact) mass is 452 g/mol. The Morgan fingerprint density at radius 1 is 0.912 bits per heavy atom. The van der Waals surface area contributed by atoms with Gasteiger partial charge in [0.2, 0.25) is 0 Å². The summed E-state index contributed by atoms with van der Waals surface area (Å²) in [6.45, 7) is 2.26. The van der Waals surface area contributed by atoms with E-state index in [1.807, 2.05) is 36.1 Å². The van der Waals surface area contributed by atoms with E-state index in [0.29, 0.717) is 25.1 Å². The lowest BCUT2D eigenvalue weighted by Gasteiger charge is -2.37. The van der Waals surface area contributed by atoms with E-state index in [1.54, 1.807) is 6.20 Å². The highest BCUT2D eigenvalue weighted by molar-refractivity contribution is 5.97. The summed E-state index contributed by atoms with van der Waals surface area (Å²) in [5.41, 5.74) is 6.37. The zero-order chi connectivity index (χ0) is 23.2. The minimum absolute atomic E-state index is 0.0558. The second-order valence-corrected chi connectivity index (χ2v) is 9.80. The van der Waals surface area contributed by atoms with Gasteiger partial charge in [0.25, 0.3) is 0 Å². The number of ether oxygens (including phenoxy) is 1. The fourth-order valence-electron chi connectivity index (χ4n) is 6.29. The number of carbonyl (C=O) groups is 2. The number of fused-ring (bicyclic) bond motifs is 5. The number of carbonyl (C=O) groups excluding carboxylic acids is 2. The predicted octanol–water partition coefficient (Wildman–Crippen LogP) is 5.76. The van der Waals surface area contributed by atoms with Gasteiger partial charge in [-0.15, -0.1) is 0 Å². The molecule has 0 spiro atoms. The Morgan fingerprint density at radius 3 is 2.15 bits per heavy atom. The highest BCUT2D eigenvalue weighted by Crippen LogP contribution is 2.45. The van der Waals surface area contributed by atoms with Crippen LogP contribution in [-0.4, -0.2) is 40.5 Å². The Bertz CT molecular complexity index is 1210. The maximum Gasteiger partial charge on any atom is 0.410 e. The summed E-state index contributed by atoms with van der Waals surface area (Å²) in [4.78, 5) is 32.7. The molecule has 3 aliphatic rings. The number of Topliss-reactive ketones (excluding diaryl/α,β-unsaturated/α-hetero) is 1.